The SMILES string of the molecule is O=C1N(CCBr)c2cccc(Cl)c2C12OCCCO2. The molecule has 1 aromatic carbocycles. The Hall–Kier alpha value is -0.620. The highest BCUT2D eigenvalue weighted by molar-refractivity contribution is 9.09. The van der Waals surface area contributed by atoms with Crippen LogP contribution in [0.3, 0.4) is 0 Å². The van der Waals surface area contributed by atoms with Crippen molar-refractivity contribution < 1.29 is 14.3 Å². The smallest absolute Gasteiger partial charge is 0.292 e. The first kappa shape index (κ1) is 13.4. The topological polar surface area (TPSA) is 38.8 Å². The van der Waals surface area contributed by atoms with Crippen LogP contribution in [0.4, 0.5) is 5.69 Å². The number of rotatable bonds is 2. The Labute approximate surface area is 124 Å². The van der Waals surface area contributed by atoms with Crippen molar-refractivity contribution in [2.45, 2.75) is 12.2 Å². The van der Waals surface area contributed by atoms with E-state index in [1.807, 2.05) is 12.1 Å². The Balaban J connectivity index is 2.15. The Kier molecular flexibility index (Phi) is 3.55. The summed E-state index contributed by atoms with van der Waals surface area (Å²) in [6.07, 6.45) is 0.785. The Morgan fingerprint density at radius 1 is 1.37 bits per heavy atom. The summed E-state index contributed by atoms with van der Waals surface area (Å²) in [6, 6.07) is 5.46. The van der Waals surface area contributed by atoms with Gasteiger partial charge in [0.2, 0.25) is 0 Å². The van der Waals surface area contributed by atoms with Gasteiger partial charge in [0.1, 0.15) is 0 Å². The second kappa shape index (κ2) is 5.05. The number of benzene rings is 1. The van der Waals surface area contributed by atoms with E-state index in [0.717, 1.165) is 12.1 Å². The number of anilines is 1. The first-order valence-corrected chi connectivity index (χ1v) is 7.65. The van der Waals surface area contributed by atoms with E-state index < -0.39 is 5.79 Å². The molecule has 19 heavy (non-hydrogen) atoms. The highest BCUT2D eigenvalue weighted by Crippen LogP contribution is 2.48. The summed E-state index contributed by atoms with van der Waals surface area (Å²) in [7, 11) is 0. The number of fused-ring (bicyclic) bond motifs is 2. The summed E-state index contributed by atoms with van der Waals surface area (Å²) >= 11 is 9.63. The van der Waals surface area contributed by atoms with Crippen LogP contribution in [0.15, 0.2) is 18.2 Å². The molecular formula is C13H13BrClNO3. The molecule has 0 atom stereocenters. The third-order valence-corrected chi connectivity index (χ3v) is 4.02. The fourth-order valence-electron chi connectivity index (χ4n) is 2.56. The molecule has 3 rings (SSSR count). The molecule has 102 valence electrons. The van der Waals surface area contributed by atoms with Crippen LogP contribution in [0, 0.1) is 0 Å². The second-order valence-corrected chi connectivity index (χ2v) is 5.65. The van der Waals surface area contributed by atoms with Gasteiger partial charge < -0.3 is 14.4 Å². The largest absolute Gasteiger partial charge is 0.338 e. The minimum absolute atomic E-state index is 0.185. The summed E-state index contributed by atoms with van der Waals surface area (Å²) in [4.78, 5) is 14.3. The van der Waals surface area contributed by atoms with Crippen LogP contribution in [-0.2, 0) is 20.1 Å². The molecule has 1 fully saturated rings. The number of carbonyl (C=O) groups excluding carboxylic acids is 1. The molecule has 0 aromatic heterocycles. The van der Waals surface area contributed by atoms with Crippen molar-refractivity contribution in [2.75, 3.05) is 30.0 Å². The predicted molar refractivity (Wildman–Crippen MR) is 75.8 cm³/mol. The number of amides is 1. The highest BCUT2D eigenvalue weighted by Gasteiger charge is 2.55. The normalized spacial score (nSPS) is 20.9. The van der Waals surface area contributed by atoms with Crippen molar-refractivity contribution in [2.24, 2.45) is 0 Å². The molecule has 2 aliphatic heterocycles. The third-order valence-electron chi connectivity index (χ3n) is 3.35. The van der Waals surface area contributed by atoms with Gasteiger partial charge in [-0.05, 0) is 18.6 Å². The number of halogens is 2. The molecule has 2 heterocycles. The van der Waals surface area contributed by atoms with Crippen molar-refractivity contribution in [3.05, 3.63) is 28.8 Å². The van der Waals surface area contributed by atoms with Crippen LogP contribution in [-0.4, -0.2) is 31.0 Å². The number of ether oxygens (including phenoxy) is 2. The van der Waals surface area contributed by atoms with E-state index in [0.29, 0.717) is 35.7 Å². The lowest BCUT2D eigenvalue weighted by Crippen LogP contribution is -2.47. The van der Waals surface area contributed by atoms with E-state index in [9.17, 15) is 4.79 Å². The van der Waals surface area contributed by atoms with E-state index in [2.05, 4.69) is 15.9 Å². The number of hydrogen-bond acceptors (Lipinski definition) is 3. The van der Waals surface area contributed by atoms with Gasteiger partial charge in [-0.2, -0.15) is 0 Å². The van der Waals surface area contributed by atoms with Crippen LogP contribution in [0.2, 0.25) is 5.02 Å². The fourth-order valence-corrected chi connectivity index (χ4v) is 3.21. The van der Waals surface area contributed by atoms with E-state index in [1.165, 1.54) is 0 Å². The van der Waals surface area contributed by atoms with Gasteiger partial charge in [0.15, 0.2) is 0 Å². The first-order valence-electron chi connectivity index (χ1n) is 6.15. The molecule has 1 amide bonds. The zero-order chi connectivity index (χ0) is 13.5. The van der Waals surface area contributed by atoms with Crippen molar-refractivity contribution in [1.29, 1.82) is 0 Å². The van der Waals surface area contributed by atoms with Gasteiger partial charge in [-0.25, -0.2) is 0 Å². The maximum absolute atomic E-state index is 12.7. The summed E-state index contributed by atoms with van der Waals surface area (Å²) in [5.41, 5.74) is 1.42. The summed E-state index contributed by atoms with van der Waals surface area (Å²) in [6.45, 7) is 1.55. The quantitative estimate of drug-likeness (QED) is 0.773. The van der Waals surface area contributed by atoms with Crippen molar-refractivity contribution in [1.82, 2.24) is 0 Å². The summed E-state index contributed by atoms with van der Waals surface area (Å²) in [5.74, 6) is -1.52. The van der Waals surface area contributed by atoms with Gasteiger partial charge in [-0.15, -0.1) is 0 Å². The monoisotopic (exact) mass is 345 g/mol. The molecular weight excluding hydrogens is 334 g/mol. The molecule has 0 unspecified atom stereocenters. The number of nitrogens with zero attached hydrogens (tertiary/aromatic N) is 1. The van der Waals surface area contributed by atoms with Crippen molar-refractivity contribution >= 4 is 39.1 Å². The summed E-state index contributed by atoms with van der Waals surface area (Å²) < 4.78 is 11.4. The lowest BCUT2D eigenvalue weighted by Gasteiger charge is -2.32. The molecule has 2 aliphatic rings. The minimum Gasteiger partial charge on any atom is -0.338 e. The zero-order valence-corrected chi connectivity index (χ0v) is 12.5. The van der Waals surface area contributed by atoms with Gasteiger partial charge in [-0.3, -0.25) is 4.79 Å². The molecule has 0 bridgehead atoms. The number of alkyl halides is 1. The third kappa shape index (κ3) is 1.91. The van der Waals surface area contributed by atoms with Gasteiger partial charge in [0.25, 0.3) is 11.7 Å². The molecule has 1 aromatic rings. The van der Waals surface area contributed by atoms with Gasteiger partial charge >= 0.3 is 0 Å². The van der Waals surface area contributed by atoms with E-state index in [4.69, 9.17) is 21.1 Å². The number of hydrogen-bond donors (Lipinski definition) is 0. The molecule has 0 N–H and O–H groups in total. The van der Waals surface area contributed by atoms with Crippen LogP contribution in [0.25, 0.3) is 0 Å². The van der Waals surface area contributed by atoms with Crippen LogP contribution < -0.4 is 4.90 Å². The van der Waals surface area contributed by atoms with E-state index >= 15 is 0 Å². The maximum Gasteiger partial charge on any atom is 0.292 e. The Morgan fingerprint density at radius 3 is 2.79 bits per heavy atom. The lowest BCUT2D eigenvalue weighted by molar-refractivity contribution is -0.256. The van der Waals surface area contributed by atoms with Crippen LogP contribution >= 0.6 is 27.5 Å². The van der Waals surface area contributed by atoms with Gasteiger partial charge in [0, 0.05) is 11.9 Å². The Bertz CT molecular complexity index is 517. The molecule has 1 saturated heterocycles. The van der Waals surface area contributed by atoms with E-state index in [1.54, 1.807) is 11.0 Å². The predicted octanol–water partition coefficient (Wildman–Crippen LogP) is 2.67. The van der Waals surface area contributed by atoms with Crippen molar-refractivity contribution in [3.8, 4) is 0 Å². The highest BCUT2D eigenvalue weighted by atomic mass is 79.9. The van der Waals surface area contributed by atoms with Gasteiger partial charge in [-0.1, -0.05) is 33.6 Å². The van der Waals surface area contributed by atoms with Crippen molar-refractivity contribution in [3.63, 3.8) is 0 Å². The molecule has 0 saturated carbocycles. The fraction of sp³-hybridized carbons (Fsp3) is 0.462. The minimum atomic E-state index is -1.34. The lowest BCUT2D eigenvalue weighted by atomic mass is 10.1. The molecule has 6 heteroatoms. The average Bonchev–Trinajstić information content (AvgIpc) is 2.64. The molecule has 1 spiro atoms. The van der Waals surface area contributed by atoms with Gasteiger partial charge in [0.05, 0.1) is 29.5 Å². The van der Waals surface area contributed by atoms with Crippen LogP contribution in [0.1, 0.15) is 12.0 Å². The standard InChI is InChI=1S/C13H13BrClNO3/c14-5-6-16-10-4-1-3-9(15)11(10)13(12(16)17)18-7-2-8-19-13/h1,3-4H,2,5-8H2. The molecule has 4 nitrogen and oxygen atoms in total. The first-order chi connectivity index (χ1) is 9.20. The molecule has 0 radical (unpaired) electrons. The average molecular weight is 347 g/mol. The maximum atomic E-state index is 12.7. The van der Waals surface area contributed by atoms with E-state index in [-0.39, 0.29) is 5.91 Å². The molecule has 0 aliphatic carbocycles. The zero-order valence-electron chi connectivity index (χ0n) is 10.2. The number of carbonyl (C=O) groups is 1. The Morgan fingerprint density at radius 2 is 2.11 bits per heavy atom. The van der Waals surface area contributed by atoms with Crippen LogP contribution in [0.5, 0.6) is 0 Å². The second-order valence-electron chi connectivity index (χ2n) is 4.45. The summed E-state index contributed by atoms with van der Waals surface area (Å²) in [5, 5.41) is 1.19.